The number of nitrogens with one attached hydrogen (secondary N) is 2. The molecule has 1 saturated carbocycles. The van der Waals surface area contributed by atoms with Crippen molar-refractivity contribution < 1.29 is 4.79 Å². The lowest BCUT2D eigenvalue weighted by Gasteiger charge is -2.26. The summed E-state index contributed by atoms with van der Waals surface area (Å²) in [7, 11) is 0. The van der Waals surface area contributed by atoms with Gasteiger partial charge in [0.15, 0.2) is 5.96 Å². The highest BCUT2D eigenvalue weighted by atomic mass is 32.1. The fraction of sp³-hybridized carbons (Fsp3) is 0.773. The number of aliphatic imine (C=N–C) groups is 1. The third kappa shape index (κ3) is 6.17. The molecule has 6 nitrogen and oxygen atoms in total. The van der Waals surface area contributed by atoms with Gasteiger partial charge in [-0.15, -0.1) is 11.3 Å². The quantitative estimate of drug-likeness (QED) is 0.564. The minimum atomic E-state index is 0.0688. The zero-order valence-corrected chi connectivity index (χ0v) is 19.3. The molecular weight excluding hydrogens is 382 g/mol. The van der Waals surface area contributed by atoms with Gasteiger partial charge in [-0.2, -0.15) is 0 Å². The van der Waals surface area contributed by atoms with Crippen LogP contribution < -0.4 is 10.6 Å². The van der Waals surface area contributed by atoms with E-state index in [1.165, 1.54) is 19.3 Å². The maximum absolute atomic E-state index is 12.8. The van der Waals surface area contributed by atoms with Crippen LogP contribution in [0.1, 0.15) is 76.9 Å². The Morgan fingerprint density at radius 3 is 2.69 bits per heavy atom. The second kappa shape index (κ2) is 9.92. The van der Waals surface area contributed by atoms with Gasteiger partial charge in [-0.3, -0.25) is 4.79 Å². The Labute approximate surface area is 179 Å². The van der Waals surface area contributed by atoms with Gasteiger partial charge in [0.2, 0.25) is 5.91 Å². The van der Waals surface area contributed by atoms with E-state index < -0.39 is 0 Å². The second-order valence-electron chi connectivity index (χ2n) is 9.32. The lowest BCUT2D eigenvalue weighted by Crippen LogP contribution is -2.45. The van der Waals surface area contributed by atoms with Gasteiger partial charge >= 0.3 is 0 Å². The van der Waals surface area contributed by atoms with Crippen molar-refractivity contribution in [2.45, 2.75) is 84.2 Å². The molecule has 0 spiro atoms. The molecule has 2 aliphatic rings. The third-order valence-corrected chi connectivity index (χ3v) is 6.67. The highest BCUT2D eigenvalue weighted by Gasteiger charge is 2.31. The van der Waals surface area contributed by atoms with Crippen molar-refractivity contribution >= 4 is 23.2 Å². The van der Waals surface area contributed by atoms with Gasteiger partial charge in [0.05, 0.1) is 12.2 Å². The van der Waals surface area contributed by atoms with E-state index in [1.54, 1.807) is 11.3 Å². The number of aromatic nitrogens is 1. The summed E-state index contributed by atoms with van der Waals surface area (Å²) in [6.07, 6.45) is 6.82. The van der Waals surface area contributed by atoms with Crippen molar-refractivity contribution in [2.24, 2.45) is 10.9 Å². The molecule has 3 rings (SSSR count). The molecule has 2 heterocycles. The first kappa shape index (κ1) is 22.1. The monoisotopic (exact) mass is 419 g/mol. The summed E-state index contributed by atoms with van der Waals surface area (Å²) in [5, 5.41) is 10.0. The number of likely N-dealkylation sites (tertiary alicyclic amines) is 1. The fourth-order valence-corrected chi connectivity index (χ4v) is 5.02. The zero-order chi connectivity index (χ0) is 20.9. The van der Waals surface area contributed by atoms with Crippen molar-refractivity contribution in [2.75, 3.05) is 19.6 Å². The van der Waals surface area contributed by atoms with Crippen LogP contribution in [0.25, 0.3) is 0 Å². The Morgan fingerprint density at radius 2 is 2.03 bits per heavy atom. The molecule has 1 amide bonds. The number of carbonyl (C=O) groups is 1. The van der Waals surface area contributed by atoms with Crippen molar-refractivity contribution in [3.8, 4) is 0 Å². The fourth-order valence-electron chi connectivity index (χ4n) is 4.07. The standard InChI is InChI=1S/C22H37N5OS/c1-5-23-21(24-13-19-26-18(15-29-19)22(2,3)4)25-17-11-12-27(14-17)20(28)16-9-7-6-8-10-16/h15-17H,5-14H2,1-4H3,(H2,23,24,25). The number of hydrogen-bond donors (Lipinski definition) is 2. The average molecular weight is 420 g/mol. The van der Waals surface area contributed by atoms with Crippen molar-refractivity contribution in [1.82, 2.24) is 20.5 Å². The van der Waals surface area contributed by atoms with E-state index in [1.807, 2.05) is 0 Å². The number of guanidine groups is 1. The molecule has 29 heavy (non-hydrogen) atoms. The molecule has 0 bridgehead atoms. The molecule has 2 N–H and O–H groups in total. The summed E-state index contributed by atoms with van der Waals surface area (Å²) < 4.78 is 0. The van der Waals surface area contributed by atoms with E-state index in [4.69, 9.17) is 9.98 Å². The first-order valence-electron chi connectivity index (χ1n) is 11.2. The van der Waals surface area contributed by atoms with Crippen molar-refractivity contribution in [3.63, 3.8) is 0 Å². The summed E-state index contributed by atoms with van der Waals surface area (Å²) in [5.41, 5.74) is 1.19. The molecule has 162 valence electrons. The zero-order valence-electron chi connectivity index (χ0n) is 18.5. The van der Waals surface area contributed by atoms with Crippen LogP contribution in [0, 0.1) is 5.92 Å². The Bertz CT molecular complexity index is 702. The molecule has 1 aliphatic heterocycles. The molecule has 1 aromatic rings. The smallest absolute Gasteiger partial charge is 0.225 e. The summed E-state index contributed by atoms with van der Waals surface area (Å²) in [6.45, 7) is 11.6. The van der Waals surface area contributed by atoms with Crippen LogP contribution in [-0.2, 0) is 16.8 Å². The molecule has 0 radical (unpaired) electrons. The highest BCUT2D eigenvalue weighted by Crippen LogP contribution is 2.27. The van der Waals surface area contributed by atoms with Gasteiger partial charge in [0.1, 0.15) is 5.01 Å². The van der Waals surface area contributed by atoms with E-state index in [-0.39, 0.29) is 17.4 Å². The number of carbonyl (C=O) groups excluding carboxylic acids is 1. The predicted molar refractivity (Wildman–Crippen MR) is 120 cm³/mol. The molecule has 7 heteroatoms. The van der Waals surface area contributed by atoms with Crippen LogP contribution in [-0.4, -0.2) is 47.4 Å². The van der Waals surface area contributed by atoms with Crippen molar-refractivity contribution in [1.29, 1.82) is 0 Å². The van der Waals surface area contributed by atoms with Crippen LogP contribution in [0.15, 0.2) is 10.4 Å². The molecular formula is C22H37N5OS. The summed E-state index contributed by atoms with van der Waals surface area (Å²) >= 11 is 1.67. The predicted octanol–water partition coefficient (Wildman–Crippen LogP) is 3.68. The van der Waals surface area contributed by atoms with Gasteiger partial charge in [0, 0.05) is 42.4 Å². The molecule has 1 atom stereocenters. The lowest BCUT2D eigenvalue weighted by atomic mass is 9.88. The Hall–Kier alpha value is -1.63. The summed E-state index contributed by atoms with van der Waals surface area (Å²) in [6, 6.07) is 0.266. The van der Waals surface area contributed by atoms with Gasteiger partial charge in [0.25, 0.3) is 0 Å². The Kier molecular flexibility index (Phi) is 7.55. The third-order valence-electron chi connectivity index (χ3n) is 5.83. The number of thiazole rings is 1. The maximum atomic E-state index is 12.8. The van der Waals surface area contributed by atoms with Gasteiger partial charge in [-0.05, 0) is 26.2 Å². The first-order chi connectivity index (χ1) is 13.9. The van der Waals surface area contributed by atoms with Crippen LogP contribution in [0.3, 0.4) is 0 Å². The molecule has 1 aliphatic carbocycles. The van der Waals surface area contributed by atoms with Crippen LogP contribution in [0.5, 0.6) is 0 Å². The number of rotatable bonds is 5. The normalized spacial score (nSPS) is 21.4. The van der Waals surface area contributed by atoms with Crippen LogP contribution >= 0.6 is 11.3 Å². The summed E-state index contributed by atoms with van der Waals surface area (Å²) in [4.78, 5) is 24.3. The van der Waals surface area contributed by atoms with Crippen LogP contribution in [0.2, 0.25) is 0 Å². The SMILES string of the molecule is CCNC(=NCc1nc(C(C)(C)C)cs1)NC1CCN(C(=O)C2CCCCC2)C1. The molecule has 2 fully saturated rings. The van der Waals surface area contributed by atoms with E-state index in [0.29, 0.717) is 12.5 Å². The first-order valence-corrected chi connectivity index (χ1v) is 12.0. The van der Waals surface area contributed by atoms with Gasteiger partial charge in [-0.1, -0.05) is 40.0 Å². The molecule has 0 aromatic carbocycles. The average Bonchev–Trinajstić information content (AvgIpc) is 3.36. The molecule has 1 saturated heterocycles. The Balaban J connectivity index is 1.54. The van der Waals surface area contributed by atoms with Crippen LogP contribution in [0.4, 0.5) is 0 Å². The van der Waals surface area contributed by atoms with Crippen molar-refractivity contribution in [3.05, 3.63) is 16.1 Å². The van der Waals surface area contributed by atoms with E-state index in [2.05, 4.69) is 48.6 Å². The minimum absolute atomic E-state index is 0.0688. The molecule has 1 aromatic heterocycles. The highest BCUT2D eigenvalue weighted by molar-refractivity contribution is 7.09. The summed E-state index contributed by atoms with van der Waals surface area (Å²) in [5.74, 6) is 1.44. The van der Waals surface area contributed by atoms with Gasteiger partial charge in [-0.25, -0.2) is 9.98 Å². The minimum Gasteiger partial charge on any atom is -0.357 e. The maximum Gasteiger partial charge on any atom is 0.225 e. The topological polar surface area (TPSA) is 69.6 Å². The molecule has 1 unspecified atom stereocenters. The van der Waals surface area contributed by atoms with Gasteiger partial charge < -0.3 is 15.5 Å². The number of nitrogens with zero attached hydrogens (tertiary/aromatic N) is 3. The number of hydrogen-bond acceptors (Lipinski definition) is 4. The van der Waals surface area contributed by atoms with E-state index >= 15 is 0 Å². The number of amides is 1. The second-order valence-corrected chi connectivity index (χ2v) is 10.3. The lowest BCUT2D eigenvalue weighted by molar-refractivity contribution is -0.135. The van der Waals surface area contributed by atoms with E-state index in [9.17, 15) is 4.79 Å². The largest absolute Gasteiger partial charge is 0.357 e. The van der Waals surface area contributed by atoms with E-state index in [0.717, 1.165) is 55.6 Å². The Morgan fingerprint density at radius 1 is 1.28 bits per heavy atom.